The van der Waals surface area contributed by atoms with Gasteiger partial charge in [-0.15, -0.1) is 0 Å². The van der Waals surface area contributed by atoms with Crippen molar-refractivity contribution in [3.63, 3.8) is 0 Å². The van der Waals surface area contributed by atoms with E-state index >= 15 is 0 Å². The zero-order chi connectivity index (χ0) is 25.1. The number of carbonyl (C=O) groups excluding carboxylic acids is 1. The van der Waals surface area contributed by atoms with E-state index in [1.807, 2.05) is 60.7 Å². The van der Waals surface area contributed by atoms with E-state index in [0.717, 1.165) is 22.8 Å². The number of anilines is 2. The molecule has 0 spiro atoms. The molecule has 2 N–H and O–H groups in total. The fourth-order valence-corrected chi connectivity index (χ4v) is 4.92. The van der Waals surface area contributed by atoms with Gasteiger partial charge in [0.2, 0.25) is 5.91 Å². The Balaban J connectivity index is 1.61. The molecular weight excluding hydrogens is 472 g/mol. The van der Waals surface area contributed by atoms with Crippen molar-refractivity contribution in [2.45, 2.75) is 25.6 Å². The monoisotopic (exact) mass is 498 g/mol. The Morgan fingerprint density at radius 1 is 1.08 bits per heavy atom. The molecule has 8 nitrogen and oxygen atoms in total. The van der Waals surface area contributed by atoms with Gasteiger partial charge in [-0.3, -0.25) is 14.8 Å². The van der Waals surface area contributed by atoms with Crippen LogP contribution in [0.5, 0.6) is 5.75 Å². The Labute approximate surface area is 215 Å². The second-order valence-electron chi connectivity index (χ2n) is 8.44. The lowest BCUT2D eigenvalue weighted by atomic mass is 10.0. The average molecular weight is 499 g/mol. The van der Waals surface area contributed by atoms with Crippen LogP contribution in [-0.4, -0.2) is 32.7 Å². The maximum atomic E-state index is 11.8. The number of nitrogens with zero attached hydrogens (tertiary/aromatic N) is 4. The Morgan fingerprint density at radius 2 is 1.89 bits per heavy atom. The fraction of sp³-hybridized carbons (Fsp3) is 0.185. The van der Waals surface area contributed by atoms with E-state index in [2.05, 4.69) is 42.3 Å². The second-order valence-corrected chi connectivity index (χ2v) is 8.83. The van der Waals surface area contributed by atoms with Gasteiger partial charge >= 0.3 is 0 Å². The molecule has 1 saturated heterocycles. The van der Waals surface area contributed by atoms with Gasteiger partial charge in [0.05, 0.1) is 36.8 Å². The maximum Gasteiger partial charge on any atom is 0.221 e. The topological polar surface area (TPSA) is 84.3 Å². The first-order chi connectivity index (χ1) is 17.5. The molecule has 4 heterocycles. The summed E-state index contributed by atoms with van der Waals surface area (Å²) in [7, 11) is 1.58. The molecule has 5 rings (SSSR count). The predicted molar refractivity (Wildman–Crippen MR) is 143 cm³/mol. The first-order valence-electron chi connectivity index (χ1n) is 11.6. The highest BCUT2D eigenvalue weighted by atomic mass is 32.1. The summed E-state index contributed by atoms with van der Waals surface area (Å²) in [5.41, 5.74) is 4.30. The van der Waals surface area contributed by atoms with Crippen LogP contribution in [-0.2, 0) is 11.3 Å². The van der Waals surface area contributed by atoms with E-state index < -0.39 is 0 Å². The number of hydrogen-bond acceptors (Lipinski definition) is 5. The first kappa shape index (κ1) is 23.5. The van der Waals surface area contributed by atoms with Crippen LogP contribution < -0.4 is 20.3 Å². The summed E-state index contributed by atoms with van der Waals surface area (Å²) in [5.74, 6) is 0.392. The summed E-state index contributed by atoms with van der Waals surface area (Å²) in [6.45, 7) is 2.09. The number of thiocarbonyl (C=S) groups is 1. The van der Waals surface area contributed by atoms with Crippen molar-refractivity contribution in [2.24, 2.45) is 0 Å². The lowest BCUT2D eigenvalue weighted by molar-refractivity contribution is -0.114. The van der Waals surface area contributed by atoms with E-state index in [1.165, 1.54) is 6.92 Å². The highest BCUT2D eigenvalue weighted by Crippen LogP contribution is 2.43. The van der Waals surface area contributed by atoms with Gasteiger partial charge in [0, 0.05) is 36.9 Å². The quantitative estimate of drug-likeness (QED) is 0.364. The number of rotatable bonds is 7. The van der Waals surface area contributed by atoms with Crippen molar-refractivity contribution in [3.05, 3.63) is 102 Å². The SMILES string of the molecule is COc1ccc(N2C(=S)N[C@@H](c3ccccn3)[C@@H]2c2cccn2Cc2ccccn2)cc1NC(C)=O. The zero-order valence-electron chi connectivity index (χ0n) is 20.0. The maximum absolute atomic E-state index is 11.8. The van der Waals surface area contributed by atoms with Crippen molar-refractivity contribution in [1.82, 2.24) is 19.9 Å². The Bertz CT molecular complexity index is 1380. The molecule has 2 atom stereocenters. The van der Waals surface area contributed by atoms with Gasteiger partial charge in [0.25, 0.3) is 0 Å². The fourth-order valence-electron chi connectivity index (χ4n) is 4.57. The number of methoxy groups -OCH3 is 1. The van der Waals surface area contributed by atoms with E-state index in [-0.39, 0.29) is 18.0 Å². The van der Waals surface area contributed by atoms with Crippen LogP contribution in [0.3, 0.4) is 0 Å². The van der Waals surface area contributed by atoms with Gasteiger partial charge < -0.3 is 24.8 Å². The molecule has 0 saturated carbocycles. The standard InChI is InChI=1S/C27H26N6O2S/c1-18(34)30-22-16-20(11-12-24(22)35-2)33-26(25(31-27(33)36)21-9-4-6-14-29-21)23-10-7-15-32(23)17-19-8-3-5-13-28-19/h3-16,25-26H,17H2,1-2H3,(H,30,34)(H,31,36)/t25-,26-/m0/s1. The van der Waals surface area contributed by atoms with Crippen LogP contribution in [0.2, 0.25) is 0 Å². The summed E-state index contributed by atoms with van der Waals surface area (Å²) in [6.07, 6.45) is 5.64. The molecule has 0 unspecified atom stereocenters. The van der Waals surface area contributed by atoms with Crippen molar-refractivity contribution in [3.8, 4) is 5.75 Å². The average Bonchev–Trinajstić information content (AvgIpc) is 3.48. The molecule has 1 aromatic carbocycles. The second kappa shape index (κ2) is 10.2. The summed E-state index contributed by atoms with van der Waals surface area (Å²) in [6, 6.07) is 21.2. The Morgan fingerprint density at radius 3 is 2.58 bits per heavy atom. The van der Waals surface area contributed by atoms with E-state index in [9.17, 15) is 4.79 Å². The minimum absolute atomic E-state index is 0.181. The number of amides is 1. The largest absolute Gasteiger partial charge is 0.495 e. The molecule has 4 aromatic rings. The smallest absolute Gasteiger partial charge is 0.221 e. The van der Waals surface area contributed by atoms with Gasteiger partial charge in [-0.25, -0.2) is 0 Å². The molecular formula is C27H26N6O2S. The minimum Gasteiger partial charge on any atom is -0.495 e. The number of benzene rings is 1. The number of nitrogens with one attached hydrogen (secondary N) is 2. The lowest BCUT2D eigenvalue weighted by Gasteiger charge is -2.29. The minimum atomic E-state index is -0.204. The normalized spacial score (nSPS) is 17.1. The van der Waals surface area contributed by atoms with E-state index in [0.29, 0.717) is 23.1 Å². The number of aromatic nitrogens is 3. The third-order valence-electron chi connectivity index (χ3n) is 6.10. The number of hydrogen-bond donors (Lipinski definition) is 2. The van der Waals surface area contributed by atoms with E-state index in [4.69, 9.17) is 17.0 Å². The summed E-state index contributed by atoms with van der Waals surface area (Å²) >= 11 is 5.86. The van der Waals surface area contributed by atoms with Crippen LogP contribution in [0.25, 0.3) is 0 Å². The highest BCUT2D eigenvalue weighted by Gasteiger charge is 2.42. The summed E-state index contributed by atoms with van der Waals surface area (Å²) in [4.78, 5) is 23.1. The van der Waals surface area contributed by atoms with Crippen molar-refractivity contribution in [1.29, 1.82) is 0 Å². The lowest BCUT2D eigenvalue weighted by Crippen LogP contribution is -2.30. The van der Waals surface area contributed by atoms with Crippen LogP contribution in [0.4, 0.5) is 11.4 Å². The molecule has 182 valence electrons. The molecule has 0 aliphatic carbocycles. The van der Waals surface area contributed by atoms with Crippen molar-refractivity contribution < 1.29 is 9.53 Å². The third-order valence-corrected chi connectivity index (χ3v) is 6.41. The zero-order valence-corrected chi connectivity index (χ0v) is 20.8. The highest BCUT2D eigenvalue weighted by molar-refractivity contribution is 7.80. The van der Waals surface area contributed by atoms with Crippen molar-refractivity contribution in [2.75, 3.05) is 17.3 Å². The van der Waals surface area contributed by atoms with Gasteiger partial charge in [-0.2, -0.15) is 0 Å². The third kappa shape index (κ3) is 4.65. The van der Waals surface area contributed by atoms with Crippen LogP contribution in [0, 0.1) is 0 Å². The van der Waals surface area contributed by atoms with Gasteiger partial charge in [0.1, 0.15) is 11.8 Å². The molecule has 1 fully saturated rings. The Hall–Kier alpha value is -4.24. The molecule has 1 amide bonds. The number of ether oxygens (including phenoxy) is 1. The Kier molecular flexibility index (Phi) is 6.64. The summed E-state index contributed by atoms with van der Waals surface area (Å²) in [5, 5.41) is 6.91. The summed E-state index contributed by atoms with van der Waals surface area (Å²) < 4.78 is 7.65. The van der Waals surface area contributed by atoms with Crippen LogP contribution >= 0.6 is 12.2 Å². The molecule has 1 aliphatic heterocycles. The van der Waals surface area contributed by atoms with Crippen LogP contribution in [0.15, 0.2) is 85.3 Å². The van der Waals surface area contributed by atoms with Crippen molar-refractivity contribution >= 4 is 34.6 Å². The molecule has 9 heteroatoms. The van der Waals surface area contributed by atoms with E-state index in [1.54, 1.807) is 19.5 Å². The first-order valence-corrected chi connectivity index (χ1v) is 12.0. The molecule has 0 radical (unpaired) electrons. The van der Waals surface area contributed by atoms with Crippen LogP contribution in [0.1, 0.15) is 36.1 Å². The van der Waals surface area contributed by atoms with Gasteiger partial charge in [-0.1, -0.05) is 12.1 Å². The molecule has 3 aromatic heterocycles. The van der Waals surface area contributed by atoms with Gasteiger partial charge in [0.15, 0.2) is 5.11 Å². The number of carbonyl (C=O) groups is 1. The predicted octanol–water partition coefficient (Wildman–Crippen LogP) is 4.47. The molecule has 36 heavy (non-hydrogen) atoms. The molecule has 1 aliphatic rings. The van der Waals surface area contributed by atoms with Gasteiger partial charge in [-0.05, 0) is 66.8 Å². The number of pyridine rings is 2. The molecule has 0 bridgehead atoms.